The van der Waals surface area contributed by atoms with Crippen molar-refractivity contribution in [3.63, 3.8) is 0 Å². The number of hydrogen-bond donors (Lipinski definition) is 0. The highest BCUT2D eigenvalue weighted by Crippen LogP contribution is 2.41. The van der Waals surface area contributed by atoms with Crippen LogP contribution in [0.15, 0.2) is 66.9 Å². The summed E-state index contributed by atoms with van der Waals surface area (Å²) in [7, 11) is 0. The lowest BCUT2D eigenvalue weighted by molar-refractivity contribution is 0.641. The molecule has 0 aliphatic rings. The third-order valence-electron chi connectivity index (χ3n) is 5.47. The zero-order valence-corrected chi connectivity index (χ0v) is 17.4. The largest absolute Gasteiger partial charge is 0.256 e. The molecule has 0 N–H and O–H groups in total. The Morgan fingerprint density at radius 2 is 1.62 bits per heavy atom. The number of hydrogen-bond acceptors (Lipinski definition) is 2. The van der Waals surface area contributed by atoms with E-state index in [1.807, 2.05) is 24.4 Å². The second kappa shape index (κ2) is 6.78. The maximum absolute atomic E-state index is 14.5. The summed E-state index contributed by atoms with van der Waals surface area (Å²) in [5.74, 6) is -0.168. The van der Waals surface area contributed by atoms with Gasteiger partial charge in [-0.2, -0.15) is 0 Å². The van der Waals surface area contributed by atoms with Crippen LogP contribution in [-0.2, 0) is 0 Å². The molecule has 142 valence electrons. The topological polar surface area (TPSA) is 12.9 Å². The van der Waals surface area contributed by atoms with E-state index in [-0.39, 0.29) is 5.82 Å². The van der Waals surface area contributed by atoms with E-state index >= 15 is 0 Å². The lowest BCUT2D eigenvalue weighted by atomic mass is 9.93. The van der Waals surface area contributed by atoms with Gasteiger partial charge in [0.1, 0.15) is 5.82 Å². The standard InChI is InChI=1S/C26H20FNS/c1-15-12-16(2)24(17(3)13-15)18-10-11-28-22(14-18)19-6-4-7-20-25-21(27)8-5-9-23(25)29-26(19)20/h4-14H,1-3H3. The Labute approximate surface area is 173 Å². The fourth-order valence-corrected chi connectivity index (χ4v) is 5.61. The van der Waals surface area contributed by atoms with Gasteiger partial charge in [0, 0.05) is 31.9 Å². The molecule has 0 saturated heterocycles. The van der Waals surface area contributed by atoms with Crippen molar-refractivity contribution >= 4 is 31.5 Å². The molecule has 0 aliphatic carbocycles. The quantitative estimate of drug-likeness (QED) is 0.295. The molecule has 0 fully saturated rings. The highest BCUT2D eigenvalue weighted by Gasteiger charge is 2.15. The van der Waals surface area contributed by atoms with Gasteiger partial charge in [-0.1, -0.05) is 42.0 Å². The Balaban J connectivity index is 1.74. The SMILES string of the molecule is Cc1cc(C)c(-c2ccnc(-c3cccc4c3sc3cccc(F)c34)c2)c(C)c1. The molecule has 0 unspecified atom stereocenters. The third kappa shape index (κ3) is 2.93. The molecular formula is C26H20FNS. The normalized spacial score (nSPS) is 11.4. The average molecular weight is 398 g/mol. The van der Waals surface area contributed by atoms with E-state index in [2.05, 4.69) is 56.1 Å². The number of aryl methyl sites for hydroxylation is 3. The van der Waals surface area contributed by atoms with E-state index in [0.717, 1.165) is 31.6 Å². The number of halogens is 1. The fourth-order valence-electron chi connectivity index (χ4n) is 4.37. The van der Waals surface area contributed by atoms with Crippen LogP contribution in [0, 0.1) is 26.6 Å². The van der Waals surface area contributed by atoms with Gasteiger partial charge in [-0.3, -0.25) is 4.98 Å². The molecule has 2 heterocycles. The predicted octanol–water partition coefficient (Wildman–Crippen LogP) is 7.85. The van der Waals surface area contributed by atoms with Gasteiger partial charge < -0.3 is 0 Å². The Hall–Kier alpha value is -3.04. The Kier molecular flexibility index (Phi) is 4.21. The van der Waals surface area contributed by atoms with Crippen molar-refractivity contribution < 1.29 is 4.39 Å². The molecule has 0 saturated carbocycles. The molecule has 0 amide bonds. The summed E-state index contributed by atoms with van der Waals surface area (Å²) < 4.78 is 16.5. The second-order valence-electron chi connectivity index (χ2n) is 7.60. The van der Waals surface area contributed by atoms with Crippen LogP contribution in [0.1, 0.15) is 16.7 Å². The van der Waals surface area contributed by atoms with Crippen LogP contribution in [0.3, 0.4) is 0 Å². The van der Waals surface area contributed by atoms with Crippen molar-refractivity contribution in [2.45, 2.75) is 20.8 Å². The average Bonchev–Trinajstić information content (AvgIpc) is 3.07. The Morgan fingerprint density at radius 3 is 2.41 bits per heavy atom. The molecule has 0 radical (unpaired) electrons. The molecule has 5 rings (SSSR count). The van der Waals surface area contributed by atoms with E-state index in [1.54, 1.807) is 17.4 Å². The zero-order chi connectivity index (χ0) is 20.1. The van der Waals surface area contributed by atoms with Crippen LogP contribution in [-0.4, -0.2) is 4.98 Å². The van der Waals surface area contributed by atoms with Crippen molar-refractivity contribution in [1.82, 2.24) is 4.98 Å². The molecule has 0 spiro atoms. The first-order chi connectivity index (χ1) is 14.0. The van der Waals surface area contributed by atoms with Gasteiger partial charge in [0.25, 0.3) is 0 Å². The van der Waals surface area contributed by atoms with Crippen LogP contribution in [0.2, 0.25) is 0 Å². The van der Waals surface area contributed by atoms with Gasteiger partial charge in [-0.15, -0.1) is 11.3 Å². The van der Waals surface area contributed by atoms with E-state index in [4.69, 9.17) is 0 Å². The molecule has 5 aromatic rings. The number of nitrogens with zero attached hydrogens (tertiary/aromatic N) is 1. The predicted molar refractivity (Wildman–Crippen MR) is 122 cm³/mol. The monoisotopic (exact) mass is 397 g/mol. The minimum absolute atomic E-state index is 0.168. The van der Waals surface area contributed by atoms with Crippen molar-refractivity contribution in [1.29, 1.82) is 0 Å². The first kappa shape index (κ1) is 18.0. The number of fused-ring (bicyclic) bond motifs is 3. The highest BCUT2D eigenvalue weighted by molar-refractivity contribution is 7.26. The Bertz CT molecular complexity index is 1370. The summed E-state index contributed by atoms with van der Waals surface area (Å²) in [6.45, 7) is 6.44. The van der Waals surface area contributed by atoms with Crippen LogP contribution in [0.4, 0.5) is 4.39 Å². The molecule has 3 aromatic carbocycles. The van der Waals surface area contributed by atoms with E-state index in [1.165, 1.54) is 28.3 Å². The molecule has 0 aliphatic heterocycles. The first-order valence-electron chi connectivity index (χ1n) is 9.67. The number of pyridine rings is 1. The lowest BCUT2D eigenvalue weighted by Crippen LogP contribution is -1.92. The Morgan fingerprint density at radius 1 is 0.862 bits per heavy atom. The van der Waals surface area contributed by atoms with E-state index in [0.29, 0.717) is 5.39 Å². The molecule has 3 heteroatoms. The van der Waals surface area contributed by atoms with Crippen LogP contribution in [0.5, 0.6) is 0 Å². The van der Waals surface area contributed by atoms with Gasteiger partial charge in [0.05, 0.1) is 5.69 Å². The molecule has 0 atom stereocenters. The van der Waals surface area contributed by atoms with Crippen molar-refractivity contribution in [3.8, 4) is 22.4 Å². The maximum atomic E-state index is 14.5. The van der Waals surface area contributed by atoms with Gasteiger partial charge in [-0.05, 0) is 67.3 Å². The number of aromatic nitrogens is 1. The van der Waals surface area contributed by atoms with Crippen molar-refractivity contribution in [3.05, 3.63) is 89.4 Å². The highest BCUT2D eigenvalue weighted by atomic mass is 32.1. The smallest absolute Gasteiger partial charge is 0.132 e. The molecule has 29 heavy (non-hydrogen) atoms. The molecule has 2 aromatic heterocycles. The van der Waals surface area contributed by atoms with E-state index in [9.17, 15) is 4.39 Å². The number of rotatable bonds is 2. The van der Waals surface area contributed by atoms with Gasteiger partial charge in [0.2, 0.25) is 0 Å². The zero-order valence-electron chi connectivity index (χ0n) is 16.6. The van der Waals surface area contributed by atoms with Crippen LogP contribution < -0.4 is 0 Å². The van der Waals surface area contributed by atoms with Crippen molar-refractivity contribution in [2.75, 3.05) is 0 Å². The summed E-state index contributed by atoms with van der Waals surface area (Å²) in [5.41, 5.74) is 8.19. The summed E-state index contributed by atoms with van der Waals surface area (Å²) in [4.78, 5) is 4.67. The second-order valence-corrected chi connectivity index (χ2v) is 8.65. The van der Waals surface area contributed by atoms with Crippen molar-refractivity contribution in [2.24, 2.45) is 0 Å². The molecular weight excluding hydrogens is 377 g/mol. The van der Waals surface area contributed by atoms with Crippen LogP contribution >= 0.6 is 11.3 Å². The first-order valence-corrected chi connectivity index (χ1v) is 10.5. The van der Waals surface area contributed by atoms with Gasteiger partial charge in [0.15, 0.2) is 0 Å². The summed E-state index contributed by atoms with van der Waals surface area (Å²) >= 11 is 1.63. The summed E-state index contributed by atoms with van der Waals surface area (Å²) in [6.07, 6.45) is 1.87. The fraction of sp³-hybridized carbons (Fsp3) is 0.115. The third-order valence-corrected chi connectivity index (χ3v) is 6.68. The maximum Gasteiger partial charge on any atom is 0.132 e. The summed E-state index contributed by atoms with van der Waals surface area (Å²) in [6, 6.07) is 20.0. The van der Waals surface area contributed by atoms with Gasteiger partial charge >= 0.3 is 0 Å². The molecule has 0 bridgehead atoms. The van der Waals surface area contributed by atoms with Gasteiger partial charge in [-0.25, -0.2) is 4.39 Å². The minimum Gasteiger partial charge on any atom is -0.256 e. The molecule has 1 nitrogen and oxygen atoms in total. The minimum atomic E-state index is -0.168. The lowest BCUT2D eigenvalue weighted by Gasteiger charge is -2.13. The number of benzene rings is 3. The van der Waals surface area contributed by atoms with Crippen LogP contribution in [0.25, 0.3) is 42.6 Å². The number of thiophene rings is 1. The summed E-state index contributed by atoms with van der Waals surface area (Å²) in [5, 5.41) is 1.66. The van der Waals surface area contributed by atoms with E-state index < -0.39 is 0 Å².